The molecule has 0 unspecified atom stereocenters. The van der Waals surface area contributed by atoms with Crippen LogP contribution in [-0.2, 0) is 10.2 Å². The molecule has 1 N–H and O–H groups in total. The monoisotopic (exact) mass is 436 g/mol. The molecule has 4 rings (SSSR count). The molecule has 2 aliphatic heterocycles. The zero-order valence-corrected chi connectivity index (χ0v) is 18.6. The Morgan fingerprint density at radius 1 is 1.03 bits per heavy atom. The Morgan fingerprint density at radius 3 is 2.38 bits per heavy atom. The van der Waals surface area contributed by atoms with Gasteiger partial charge in [-0.25, -0.2) is 15.0 Å². The second-order valence-corrected chi connectivity index (χ2v) is 11.0. The van der Waals surface area contributed by atoms with Crippen molar-refractivity contribution < 1.29 is 8.42 Å². The van der Waals surface area contributed by atoms with Gasteiger partial charge in [-0.1, -0.05) is 6.42 Å². The lowest BCUT2D eigenvalue weighted by Crippen LogP contribution is -2.48. The van der Waals surface area contributed by atoms with Crippen LogP contribution in [0.3, 0.4) is 0 Å². The molecule has 0 spiro atoms. The highest BCUT2D eigenvalue weighted by Crippen LogP contribution is 2.30. The van der Waals surface area contributed by atoms with Crippen LogP contribution in [0.5, 0.6) is 0 Å². The van der Waals surface area contributed by atoms with Gasteiger partial charge in [-0.15, -0.1) is 11.3 Å². The summed E-state index contributed by atoms with van der Waals surface area (Å²) in [5, 5.41) is 4.08. The maximum atomic E-state index is 12.9. The lowest BCUT2D eigenvalue weighted by Gasteiger charge is -2.35. The van der Waals surface area contributed by atoms with Crippen LogP contribution < -0.4 is 5.32 Å². The predicted molar refractivity (Wildman–Crippen MR) is 115 cm³/mol. The largest absolute Gasteiger partial charge is 0.316 e. The van der Waals surface area contributed by atoms with Crippen molar-refractivity contribution in [3.05, 3.63) is 28.7 Å². The van der Waals surface area contributed by atoms with Crippen molar-refractivity contribution in [3.8, 4) is 0 Å². The van der Waals surface area contributed by atoms with Crippen LogP contribution in [-0.4, -0.2) is 58.2 Å². The summed E-state index contributed by atoms with van der Waals surface area (Å²) in [5.74, 6) is 1.70. The van der Waals surface area contributed by atoms with E-state index in [2.05, 4.69) is 15.3 Å². The van der Waals surface area contributed by atoms with Gasteiger partial charge in [0.2, 0.25) is 0 Å². The molecule has 0 amide bonds. The lowest BCUT2D eigenvalue weighted by atomic mass is 9.97. The maximum Gasteiger partial charge on any atom is 0.281 e. The molecule has 8 nitrogen and oxygen atoms in total. The van der Waals surface area contributed by atoms with E-state index in [0.717, 1.165) is 59.4 Å². The zero-order valence-electron chi connectivity index (χ0n) is 17.0. The summed E-state index contributed by atoms with van der Waals surface area (Å²) < 4.78 is 29.1. The molecular weight excluding hydrogens is 408 g/mol. The fourth-order valence-electron chi connectivity index (χ4n) is 3.96. The van der Waals surface area contributed by atoms with Crippen LogP contribution in [0.4, 0.5) is 10.9 Å². The molecular formula is C19H28N6O2S2. The third kappa shape index (κ3) is 4.76. The van der Waals surface area contributed by atoms with Crippen molar-refractivity contribution in [1.82, 2.24) is 23.6 Å². The van der Waals surface area contributed by atoms with Crippen LogP contribution in [0.25, 0.3) is 0 Å². The van der Waals surface area contributed by atoms with Crippen molar-refractivity contribution in [2.75, 3.05) is 31.5 Å². The van der Waals surface area contributed by atoms with E-state index in [1.165, 1.54) is 0 Å². The lowest BCUT2D eigenvalue weighted by molar-refractivity contribution is 0.267. The quantitative estimate of drug-likeness (QED) is 0.774. The number of nitrogens with zero attached hydrogens (tertiary/aromatic N) is 5. The topological polar surface area (TPSA) is 91.3 Å². The highest BCUT2D eigenvalue weighted by molar-refractivity contribution is 7.86. The van der Waals surface area contributed by atoms with Crippen molar-refractivity contribution in [3.63, 3.8) is 0 Å². The van der Waals surface area contributed by atoms with E-state index in [0.29, 0.717) is 26.2 Å². The first-order chi connectivity index (χ1) is 13.9. The van der Waals surface area contributed by atoms with Crippen LogP contribution in [0, 0.1) is 13.8 Å². The van der Waals surface area contributed by atoms with Gasteiger partial charge in [0.15, 0.2) is 5.13 Å². The Kier molecular flexibility index (Phi) is 6.14. The van der Waals surface area contributed by atoms with Crippen LogP contribution in [0.15, 0.2) is 12.3 Å². The summed E-state index contributed by atoms with van der Waals surface area (Å²) in [5.41, 5.74) is 0.897. The van der Waals surface area contributed by atoms with Crippen molar-refractivity contribution in [2.24, 2.45) is 0 Å². The van der Waals surface area contributed by atoms with Crippen molar-refractivity contribution in [2.45, 2.75) is 51.9 Å². The molecule has 2 aliphatic rings. The highest BCUT2D eigenvalue weighted by atomic mass is 32.2. The van der Waals surface area contributed by atoms with Crippen LogP contribution >= 0.6 is 11.3 Å². The highest BCUT2D eigenvalue weighted by Gasteiger charge is 2.34. The minimum atomic E-state index is -3.34. The molecule has 29 heavy (non-hydrogen) atoms. The molecule has 2 fully saturated rings. The number of hydrogen-bond acceptors (Lipinski definition) is 7. The van der Waals surface area contributed by atoms with E-state index in [-0.39, 0.29) is 5.92 Å². The number of nitrogens with one attached hydrogen (secondary N) is 1. The number of aromatic nitrogens is 3. The molecule has 0 radical (unpaired) electrons. The first kappa shape index (κ1) is 20.6. The summed E-state index contributed by atoms with van der Waals surface area (Å²) >= 11 is 1.59. The number of aryl methyl sites for hydroxylation is 2. The summed E-state index contributed by atoms with van der Waals surface area (Å²) in [7, 11) is -3.34. The summed E-state index contributed by atoms with van der Waals surface area (Å²) in [6.07, 6.45) is 6.36. The molecule has 0 atom stereocenters. The molecule has 0 aromatic carbocycles. The molecule has 158 valence electrons. The van der Waals surface area contributed by atoms with Gasteiger partial charge in [0.1, 0.15) is 11.6 Å². The minimum Gasteiger partial charge on any atom is -0.316 e. The number of anilines is 2. The van der Waals surface area contributed by atoms with Gasteiger partial charge in [-0.05, 0) is 39.5 Å². The Hall–Kier alpha value is -1.62. The molecule has 0 aliphatic carbocycles. The van der Waals surface area contributed by atoms with E-state index < -0.39 is 10.2 Å². The number of hydrogen-bond donors (Lipinski definition) is 1. The predicted octanol–water partition coefficient (Wildman–Crippen LogP) is 3.20. The third-order valence-electron chi connectivity index (χ3n) is 5.51. The normalized spacial score (nSPS) is 20.1. The van der Waals surface area contributed by atoms with E-state index in [9.17, 15) is 8.42 Å². The fourth-order valence-corrected chi connectivity index (χ4v) is 6.35. The van der Waals surface area contributed by atoms with E-state index in [4.69, 9.17) is 4.98 Å². The summed E-state index contributed by atoms with van der Waals surface area (Å²) in [4.78, 5) is 14.8. The van der Waals surface area contributed by atoms with Gasteiger partial charge >= 0.3 is 0 Å². The molecule has 2 aromatic heterocycles. The summed E-state index contributed by atoms with van der Waals surface area (Å²) in [6.45, 7) is 6.32. The minimum absolute atomic E-state index is 0.168. The SMILES string of the molecule is Cc1cc(Nc2ncc(C)s2)nc(C2CCN(S(=O)(=O)N3CCCCC3)CC2)n1. The third-order valence-corrected chi connectivity index (χ3v) is 8.38. The number of rotatable bonds is 5. The van der Waals surface area contributed by atoms with Crippen molar-refractivity contribution in [1.29, 1.82) is 0 Å². The van der Waals surface area contributed by atoms with Crippen molar-refractivity contribution >= 4 is 32.5 Å². The average Bonchev–Trinajstić information content (AvgIpc) is 3.13. The molecule has 4 heterocycles. The first-order valence-corrected chi connectivity index (χ1v) is 12.4. The Morgan fingerprint density at radius 2 is 1.72 bits per heavy atom. The number of thiazole rings is 1. The molecule has 10 heteroatoms. The van der Waals surface area contributed by atoms with E-state index >= 15 is 0 Å². The Labute approximate surface area is 176 Å². The van der Waals surface area contributed by atoms with Crippen LogP contribution in [0.2, 0.25) is 0 Å². The molecule has 2 aromatic rings. The smallest absolute Gasteiger partial charge is 0.281 e. The average molecular weight is 437 g/mol. The second kappa shape index (κ2) is 8.63. The Balaban J connectivity index is 1.43. The number of piperidine rings is 2. The zero-order chi connectivity index (χ0) is 20.4. The van der Waals surface area contributed by atoms with Crippen LogP contribution in [0.1, 0.15) is 54.4 Å². The molecule has 0 saturated carbocycles. The van der Waals surface area contributed by atoms with Gasteiger partial charge in [0, 0.05) is 54.9 Å². The van der Waals surface area contributed by atoms with Gasteiger partial charge in [-0.3, -0.25) is 0 Å². The van der Waals surface area contributed by atoms with Gasteiger partial charge < -0.3 is 5.32 Å². The van der Waals surface area contributed by atoms with E-state index in [1.807, 2.05) is 26.1 Å². The van der Waals surface area contributed by atoms with Gasteiger partial charge in [-0.2, -0.15) is 17.0 Å². The Bertz CT molecular complexity index is 947. The fraction of sp³-hybridized carbons (Fsp3) is 0.632. The second-order valence-electron chi connectivity index (χ2n) is 7.79. The standard InChI is InChI=1S/C19H28N6O2S2/c1-14-12-17(23-19-20-13-15(2)28-19)22-18(21-14)16-6-10-25(11-7-16)29(26,27)24-8-4-3-5-9-24/h12-13,16H,3-11H2,1-2H3,(H,20,21,22,23). The van der Waals surface area contributed by atoms with Gasteiger partial charge in [0.25, 0.3) is 10.2 Å². The molecule has 2 saturated heterocycles. The first-order valence-electron chi connectivity index (χ1n) is 10.2. The summed E-state index contributed by atoms with van der Waals surface area (Å²) in [6, 6.07) is 1.91. The van der Waals surface area contributed by atoms with E-state index in [1.54, 1.807) is 19.9 Å². The maximum absolute atomic E-state index is 12.9. The van der Waals surface area contributed by atoms with Gasteiger partial charge in [0.05, 0.1) is 0 Å². The molecule has 0 bridgehead atoms.